The molecule has 2 rings (SSSR count). The first kappa shape index (κ1) is 13.2. The van der Waals surface area contributed by atoms with E-state index in [9.17, 15) is 0 Å². The van der Waals surface area contributed by atoms with Gasteiger partial charge >= 0.3 is 0 Å². The first-order chi connectivity index (χ1) is 8.85. The molecule has 2 nitrogen and oxygen atoms in total. The number of rotatable bonds is 6. The lowest BCUT2D eigenvalue weighted by Gasteiger charge is -2.17. The summed E-state index contributed by atoms with van der Waals surface area (Å²) in [5.74, 6) is 0.973. The highest BCUT2D eigenvalue weighted by Crippen LogP contribution is 2.24. The van der Waals surface area contributed by atoms with E-state index < -0.39 is 0 Å². The zero-order valence-electron chi connectivity index (χ0n) is 10.8. The zero-order valence-corrected chi connectivity index (χ0v) is 11.7. The van der Waals surface area contributed by atoms with Crippen LogP contribution in [-0.4, -0.2) is 12.8 Å². The molecule has 0 spiro atoms. The highest BCUT2D eigenvalue weighted by molar-refractivity contribution is 7.98. The van der Waals surface area contributed by atoms with Crippen LogP contribution in [0.5, 0.6) is 0 Å². The number of hydrogen-bond acceptors (Lipinski definition) is 3. The molecule has 0 radical (unpaired) electrons. The van der Waals surface area contributed by atoms with Crippen molar-refractivity contribution >= 4 is 11.8 Å². The van der Waals surface area contributed by atoms with Crippen LogP contribution in [0, 0.1) is 0 Å². The molecule has 1 aromatic carbocycles. The summed E-state index contributed by atoms with van der Waals surface area (Å²) in [4.78, 5) is 1.28. The molecular weight excluding hydrogens is 242 g/mol. The number of thioether (sulfide) groups is 1. The Balaban J connectivity index is 2.21. The zero-order chi connectivity index (χ0) is 12.8. The van der Waals surface area contributed by atoms with E-state index in [0.717, 1.165) is 18.7 Å². The van der Waals surface area contributed by atoms with Crippen LogP contribution in [0.4, 0.5) is 0 Å². The lowest BCUT2D eigenvalue weighted by molar-refractivity contribution is 0.446. The summed E-state index contributed by atoms with van der Waals surface area (Å²) >= 11 is 1.76. The maximum absolute atomic E-state index is 5.54. The minimum absolute atomic E-state index is 0.149. The minimum atomic E-state index is 0.149. The van der Waals surface area contributed by atoms with Crippen molar-refractivity contribution in [1.82, 2.24) is 5.32 Å². The van der Waals surface area contributed by atoms with Gasteiger partial charge in [-0.25, -0.2) is 0 Å². The first-order valence-electron chi connectivity index (χ1n) is 6.26. The van der Waals surface area contributed by atoms with Crippen molar-refractivity contribution in [1.29, 1.82) is 0 Å². The van der Waals surface area contributed by atoms with E-state index >= 15 is 0 Å². The number of furan rings is 1. The Morgan fingerprint density at radius 1 is 1.22 bits per heavy atom. The molecule has 0 aliphatic carbocycles. The van der Waals surface area contributed by atoms with Crippen molar-refractivity contribution in [3.63, 3.8) is 0 Å². The average Bonchev–Trinajstić information content (AvgIpc) is 2.94. The molecule has 18 heavy (non-hydrogen) atoms. The molecule has 1 atom stereocenters. The third-order valence-corrected chi connectivity index (χ3v) is 3.62. The maximum Gasteiger partial charge on any atom is 0.125 e. The van der Waals surface area contributed by atoms with Gasteiger partial charge in [0.2, 0.25) is 0 Å². The van der Waals surface area contributed by atoms with Crippen molar-refractivity contribution in [2.75, 3.05) is 12.8 Å². The van der Waals surface area contributed by atoms with Gasteiger partial charge in [0.15, 0.2) is 0 Å². The van der Waals surface area contributed by atoms with Gasteiger partial charge in [0.1, 0.15) is 5.76 Å². The highest BCUT2D eigenvalue weighted by atomic mass is 32.2. The molecule has 1 N–H and O–H groups in total. The van der Waals surface area contributed by atoms with Gasteiger partial charge in [-0.3, -0.25) is 0 Å². The van der Waals surface area contributed by atoms with Crippen LogP contribution in [0.25, 0.3) is 0 Å². The van der Waals surface area contributed by atoms with Crippen LogP contribution in [0.3, 0.4) is 0 Å². The van der Waals surface area contributed by atoms with E-state index in [4.69, 9.17) is 4.42 Å². The molecule has 0 fully saturated rings. The monoisotopic (exact) mass is 261 g/mol. The molecule has 1 unspecified atom stereocenters. The quantitative estimate of drug-likeness (QED) is 0.793. The normalized spacial score (nSPS) is 12.6. The molecule has 0 amide bonds. The van der Waals surface area contributed by atoms with Crippen LogP contribution in [-0.2, 0) is 0 Å². The molecule has 0 bridgehead atoms. The van der Waals surface area contributed by atoms with E-state index in [1.807, 2.05) is 12.1 Å². The summed E-state index contributed by atoms with van der Waals surface area (Å²) in [6.07, 6.45) is 4.93. The minimum Gasteiger partial charge on any atom is -0.467 e. The molecule has 96 valence electrons. The lowest BCUT2D eigenvalue weighted by Crippen LogP contribution is -2.22. The lowest BCUT2D eigenvalue weighted by atomic mass is 10.0. The fraction of sp³-hybridized carbons (Fsp3) is 0.333. The molecule has 3 heteroatoms. The molecule has 0 aliphatic heterocycles. The Morgan fingerprint density at radius 2 is 2.00 bits per heavy atom. The Labute approximate surface area is 113 Å². The first-order valence-corrected chi connectivity index (χ1v) is 7.48. The van der Waals surface area contributed by atoms with Gasteiger partial charge in [-0.05, 0) is 49.1 Å². The Kier molecular flexibility index (Phi) is 4.90. The fourth-order valence-electron chi connectivity index (χ4n) is 1.92. The summed E-state index contributed by atoms with van der Waals surface area (Å²) < 4.78 is 5.54. The summed E-state index contributed by atoms with van der Waals surface area (Å²) in [7, 11) is 0. The summed E-state index contributed by atoms with van der Waals surface area (Å²) in [6, 6.07) is 12.8. The van der Waals surface area contributed by atoms with E-state index in [1.165, 1.54) is 10.5 Å². The smallest absolute Gasteiger partial charge is 0.125 e. The topological polar surface area (TPSA) is 25.2 Å². The van der Waals surface area contributed by atoms with E-state index in [1.54, 1.807) is 18.0 Å². The van der Waals surface area contributed by atoms with Crippen LogP contribution >= 0.6 is 11.8 Å². The summed E-state index contributed by atoms with van der Waals surface area (Å²) in [5, 5.41) is 3.53. The van der Waals surface area contributed by atoms with Crippen molar-refractivity contribution in [2.24, 2.45) is 0 Å². The predicted molar refractivity (Wildman–Crippen MR) is 77.1 cm³/mol. The van der Waals surface area contributed by atoms with Gasteiger partial charge < -0.3 is 9.73 Å². The van der Waals surface area contributed by atoms with E-state index in [2.05, 4.69) is 42.8 Å². The maximum atomic E-state index is 5.54. The fourth-order valence-corrected chi connectivity index (χ4v) is 2.33. The molecule has 2 aromatic rings. The second-order valence-corrected chi connectivity index (χ2v) is 5.06. The van der Waals surface area contributed by atoms with Gasteiger partial charge in [0.25, 0.3) is 0 Å². The Bertz CT molecular complexity index is 450. The van der Waals surface area contributed by atoms with E-state index in [0.29, 0.717) is 0 Å². The molecule has 0 saturated heterocycles. The van der Waals surface area contributed by atoms with Gasteiger partial charge in [-0.15, -0.1) is 11.8 Å². The van der Waals surface area contributed by atoms with Crippen molar-refractivity contribution in [2.45, 2.75) is 24.3 Å². The predicted octanol–water partition coefficient (Wildman–Crippen LogP) is 4.09. The van der Waals surface area contributed by atoms with E-state index in [-0.39, 0.29) is 6.04 Å². The van der Waals surface area contributed by atoms with Gasteiger partial charge in [-0.1, -0.05) is 19.1 Å². The highest BCUT2D eigenvalue weighted by Gasteiger charge is 2.15. The molecule has 0 aliphatic rings. The Hall–Kier alpha value is -1.19. The van der Waals surface area contributed by atoms with Crippen molar-refractivity contribution in [3.8, 4) is 0 Å². The summed E-state index contributed by atoms with van der Waals surface area (Å²) in [5.41, 5.74) is 1.25. The van der Waals surface area contributed by atoms with Crippen LogP contribution in [0.15, 0.2) is 52.0 Å². The van der Waals surface area contributed by atoms with Gasteiger partial charge in [0.05, 0.1) is 12.3 Å². The van der Waals surface area contributed by atoms with Crippen molar-refractivity contribution in [3.05, 3.63) is 54.0 Å². The average molecular weight is 261 g/mol. The molecule has 1 aromatic heterocycles. The van der Waals surface area contributed by atoms with Crippen molar-refractivity contribution < 1.29 is 4.42 Å². The SMILES string of the molecule is CCCNC(c1ccc(SC)cc1)c1ccco1. The van der Waals surface area contributed by atoms with Crippen LogP contribution < -0.4 is 5.32 Å². The van der Waals surface area contributed by atoms with Gasteiger partial charge in [-0.2, -0.15) is 0 Å². The Morgan fingerprint density at radius 3 is 2.56 bits per heavy atom. The molecule has 1 heterocycles. The third-order valence-electron chi connectivity index (χ3n) is 2.88. The summed E-state index contributed by atoms with van der Waals surface area (Å²) in [6.45, 7) is 3.15. The number of hydrogen-bond donors (Lipinski definition) is 1. The third kappa shape index (κ3) is 3.18. The second-order valence-electron chi connectivity index (χ2n) is 4.18. The number of benzene rings is 1. The van der Waals surface area contributed by atoms with Crippen LogP contribution in [0.2, 0.25) is 0 Å². The largest absolute Gasteiger partial charge is 0.467 e. The van der Waals surface area contributed by atoms with Crippen LogP contribution in [0.1, 0.15) is 30.7 Å². The second kappa shape index (κ2) is 6.66. The standard InChI is InChI=1S/C15H19NOS/c1-3-10-16-15(14-5-4-11-17-14)12-6-8-13(18-2)9-7-12/h4-9,11,15-16H,3,10H2,1-2H3. The van der Waals surface area contributed by atoms with Gasteiger partial charge in [0, 0.05) is 4.90 Å². The molecule has 0 saturated carbocycles. The molecular formula is C15H19NOS. The number of nitrogens with one attached hydrogen (secondary N) is 1.